The number of hydrogen-bond donors (Lipinski definition) is 2. The van der Waals surface area contributed by atoms with Gasteiger partial charge in [0.2, 0.25) is 5.91 Å². The Bertz CT molecular complexity index is 501. The summed E-state index contributed by atoms with van der Waals surface area (Å²) in [5.41, 5.74) is 0.805. The number of phenolic OH excluding ortho intramolecular Hbond substituents is 1. The predicted octanol–water partition coefficient (Wildman–Crippen LogP) is 0.298. The van der Waals surface area contributed by atoms with Gasteiger partial charge in [-0.3, -0.25) is 4.79 Å². The van der Waals surface area contributed by atoms with E-state index in [4.69, 9.17) is 4.74 Å². The van der Waals surface area contributed by atoms with Crippen molar-refractivity contribution >= 4 is 11.9 Å². The van der Waals surface area contributed by atoms with Crippen LogP contribution in [0.25, 0.3) is 0 Å². The third kappa shape index (κ3) is 3.95. The van der Waals surface area contributed by atoms with Crippen LogP contribution in [-0.4, -0.2) is 54.2 Å². The highest BCUT2D eigenvalue weighted by atomic mass is 16.5. The van der Waals surface area contributed by atoms with Gasteiger partial charge in [-0.2, -0.15) is 0 Å². The zero-order chi connectivity index (χ0) is 15.2. The summed E-state index contributed by atoms with van der Waals surface area (Å²) in [4.78, 5) is 25.9. The molecule has 2 N–H and O–H groups in total. The Hall–Kier alpha value is -2.08. The summed E-state index contributed by atoms with van der Waals surface area (Å²) in [7, 11) is 0. The molecule has 114 valence electrons. The fourth-order valence-electron chi connectivity index (χ4n) is 2.34. The van der Waals surface area contributed by atoms with Crippen LogP contribution < -0.4 is 5.32 Å². The van der Waals surface area contributed by atoms with E-state index in [0.717, 1.165) is 5.56 Å². The molecule has 1 heterocycles. The summed E-state index contributed by atoms with van der Waals surface area (Å²) < 4.78 is 5.02. The van der Waals surface area contributed by atoms with Gasteiger partial charge < -0.3 is 20.1 Å². The van der Waals surface area contributed by atoms with Gasteiger partial charge in [-0.05, 0) is 24.6 Å². The van der Waals surface area contributed by atoms with Crippen LogP contribution in [0.3, 0.4) is 0 Å². The van der Waals surface area contributed by atoms with Gasteiger partial charge >= 0.3 is 5.97 Å². The standard InChI is InChI=1S/C15H20N2O4/c1-2-21-15(20)13-10-16-7-8-17(13)14(19)9-11-3-5-12(18)6-4-11/h3-6,13,16,18H,2,7-10H2,1H3. The fourth-order valence-corrected chi connectivity index (χ4v) is 2.34. The molecule has 0 aromatic heterocycles. The molecule has 21 heavy (non-hydrogen) atoms. The van der Waals surface area contributed by atoms with E-state index in [9.17, 15) is 14.7 Å². The number of carbonyl (C=O) groups is 2. The molecule has 1 aromatic rings. The molecule has 1 aliphatic rings. The smallest absolute Gasteiger partial charge is 0.330 e. The van der Waals surface area contributed by atoms with Crippen molar-refractivity contribution in [2.45, 2.75) is 19.4 Å². The van der Waals surface area contributed by atoms with Crippen LogP contribution in [0.15, 0.2) is 24.3 Å². The fraction of sp³-hybridized carbons (Fsp3) is 0.467. The van der Waals surface area contributed by atoms with E-state index in [1.165, 1.54) is 0 Å². The van der Waals surface area contributed by atoms with Crippen LogP contribution in [-0.2, 0) is 20.7 Å². The molecule has 0 spiro atoms. The Balaban J connectivity index is 2.04. The monoisotopic (exact) mass is 292 g/mol. The zero-order valence-corrected chi connectivity index (χ0v) is 12.0. The van der Waals surface area contributed by atoms with Crippen molar-refractivity contribution in [1.82, 2.24) is 10.2 Å². The minimum Gasteiger partial charge on any atom is -0.508 e. The molecule has 0 radical (unpaired) electrons. The number of carbonyl (C=O) groups excluding carboxylic acids is 2. The van der Waals surface area contributed by atoms with Gasteiger partial charge in [-0.15, -0.1) is 0 Å². The number of rotatable bonds is 4. The minimum absolute atomic E-state index is 0.111. The summed E-state index contributed by atoms with van der Waals surface area (Å²) in [6.45, 7) is 3.61. The molecular weight excluding hydrogens is 272 g/mol. The lowest BCUT2D eigenvalue weighted by atomic mass is 10.1. The molecule has 1 aliphatic heterocycles. The molecule has 0 aliphatic carbocycles. The topological polar surface area (TPSA) is 78.9 Å². The third-order valence-electron chi connectivity index (χ3n) is 3.41. The summed E-state index contributed by atoms with van der Waals surface area (Å²) in [6, 6.07) is 5.93. The van der Waals surface area contributed by atoms with E-state index in [1.54, 1.807) is 36.1 Å². The lowest BCUT2D eigenvalue weighted by Gasteiger charge is -2.34. The maximum absolute atomic E-state index is 12.4. The summed E-state index contributed by atoms with van der Waals surface area (Å²) in [6.07, 6.45) is 0.205. The molecule has 1 aromatic carbocycles. The minimum atomic E-state index is -0.566. The lowest BCUT2D eigenvalue weighted by Crippen LogP contribution is -2.57. The molecule has 1 unspecified atom stereocenters. The second-order valence-electron chi connectivity index (χ2n) is 4.90. The molecular formula is C15H20N2O4. The average Bonchev–Trinajstić information content (AvgIpc) is 2.50. The molecule has 6 nitrogen and oxygen atoms in total. The highest BCUT2D eigenvalue weighted by molar-refractivity contribution is 5.86. The highest BCUT2D eigenvalue weighted by Gasteiger charge is 2.32. The number of nitrogens with one attached hydrogen (secondary N) is 1. The normalized spacial score (nSPS) is 18.3. The van der Waals surface area contributed by atoms with Crippen molar-refractivity contribution in [3.05, 3.63) is 29.8 Å². The maximum Gasteiger partial charge on any atom is 0.330 e. The average molecular weight is 292 g/mol. The first-order valence-electron chi connectivity index (χ1n) is 7.06. The quantitative estimate of drug-likeness (QED) is 0.780. The first-order valence-corrected chi connectivity index (χ1v) is 7.06. The van der Waals surface area contributed by atoms with Gasteiger partial charge in [0.15, 0.2) is 0 Å². The van der Waals surface area contributed by atoms with E-state index in [1.807, 2.05) is 0 Å². The van der Waals surface area contributed by atoms with Crippen LogP contribution in [0.4, 0.5) is 0 Å². The van der Waals surface area contributed by atoms with E-state index in [0.29, 0.717) is 26.2 Å². The summed E-state index contributed by atoms with van der Waals surface area (Å²) >= 11 is 0. The van der Waals surface area contributed by atoms with Gasteiger partial charge in [0.05, 0.1) is 13.0 Å². The van der Waals surface area contributed by atoms with Crippen LogP contribution in [0, 0.1) is 0 Å². The zero-order valence-electron chi connectivity index (χ0n) is 12.0. The second-order valence-corrected chi connectivity index (χ2v) is 4.90. The third-order valence-corrected chi connectivity index (χ3v) is 3.41. The van der Waals surface area contributed by atoms with Crippen molar-refractivity contribution in [2.24, 2.45) is 0 Å². The largest absolute Gasteiger partial charge is 0.508 e. The van der Waals surface area contributed by atoms with Gasteiger partial charge in [-0.25, -0.2) is 4.79 Å². The first-order chi connectivity index (χ1) is 10.1. The SMILES string of the molecule is CCOC(=O)C1CNCCN1C(=O)Cc1ccc(O)cc1. The van der Waals surface area contributed by atoms with E-state index in [2.05, 4.69) is 5.32 Å². The van der Waals surface area contributed by atoms with Gasteiger partial charge in [0, 0.05) is 19.6 Å². The number of ether oxygens (including phenoxy) is 1. The number of esters is 1. The summed E-state index contributed by atoms with van der Waals surface area (Å²) in [5.74, 6) is -0.318. The van der Waals surface area contributed by atoms with E-state index >= 15 is 0 Å². The number of benzene rings is 1. The Morgan fingerprint density at radius 3 is 2.76 bits per heavy atom. The van der Waals surface area contributed by atoms with Crippen molar-refractivity contribution in [1.29, 1.82) is 0 Å². The van der Waals surface area contributed by atoms with Crippen LogP contribution in [0.1, 0.15) is 12.5 Å². The molecule has 2 rings (SSSR count). The summed E-state index contributed by atoms with van der Waals surface area (Å²) in [5, 5.41) is 12.4. The number of hydrogen-bond acceptors (Lipinski definition) is 5. The Kier molecular flexibility index (Phi) is 5.16. The maximum atomic E-state index is 12.4. The van der Waals surface area contributed by atoms with Crippen molar-refractivity contribution in [2.75, 3.05) is 26.2 Å². The van der Waals surface area contributed by atoms with Crippen LogP contribution >= 0.6 is 0 Å². The number of aromatic hydroxyl groups is 1. The molecule has 0 bridgehead atoms. The van der Waals surface area contributed by atoms with Crippen molar-refractivity contribution in [3.8, 4) is 5.75 Å². The Labute approximate surface area is 123 Å². The van der Waals surface area contributed by atoms with Gasteiger partial charge in [0.1, 0.15) is 11.8 Å². The predicted molar refractivity (Wildman–Crippen MR) is 76.8 cm³/mol. The number of piperazine rings is 1. The number of phenols is 1. The molecule has 1 saturated heterocycles. The highest BCUT2D eigenvalue weighted by Crippen LogP contribution is 2.13. The van der Waals surface area contributed by atoms with Crippen molar-refractivity contribution < 1.29 is 19.4 Å². The molecule has 6 heteroatoms. The Morgan fingerprint density at radius 1 is 1.38 bits per heavy atom. The second kappa shape index (κ2) is 7.08. The molecule has 1 amide bonds. The van der Waals surface area contributed by atoms with Gasteiger partial charge in [0.25, 0.3) is 0 Å². The van der Waals surface area contributed by atoms with E-state index < -0.39 is 6.04 Å². The van der Waals surface area contributed by atoms with Gasteiger partial charge in [-0.1, -0.05) is 12.1 Å². The molecule has 1 atom stereocenters. The number of amides is 1. The Morgan fingerprint density at radius 2 is 2.10 bits per heavy atom. The molecule has 1 fully saturated rings. The van der Waals surface area contributed by atoms with Crippen LogP contribution in [0.5, 0.6) is 5.75 Å². The lowest BCUT2D eigenvalue weighted by molar-refractivity contribution is -0.155. The number of nitrogens with zero attached hydrogens (tertiary/aromatic N) is 1. The van der Waals surface area contributed by atoms with E-state index in [-0.39, 0.29) is 24.0 Å². The molecule has 0 saturated carbocycles. The van der Waals surface area contributed by atoms with Crippen LogP contribution in [0.2, 0.25) is 0 Å². The first kappa shape index (κ1) is 15.3. The van der Waals surface area contributed by atoms with Crippen molar-refractivity contribution in [3.63, 3.8) is 0 Å².